The number of benzene rings is 10. The Kier molecular flexibility index (Phi) is 8.11. The molecule has 286 valence electrons. The third kappa shape index (κ3) is 5.36. The Morgan fingerprint density at radius 1 is 0.328 bits per heavy atom. The number of para-hydroxylation sites is 3. The van der Waals surface area contributed by atoms with Gasteiger partial charge in [-0.15, -0.1) is 0 Å². The molecule has 0 amide bonds. The van der Waals surface area contributed by atoms with Gasteiger partial charge in [0, 0.05) is 33.2 Å². The SMILES string of the molecule is c1ccc(N(c2ccc(C3(c4ccccc4)c4ccccc4-c4ccccc43)cc2)c2ccc(-c3ccc4c5ccccc5n(-c5ccccc5)c4c3)c3ccccc23)cc1. The van der Waals surface area contributed by atoms with Crippen molar-refractivity contribution in [3.8, 4) is 27.9 Å². The quantitative estimate of drug-likeness (QED) is 0.156. The van der Waals surface area contributed by atoms with E-state index in [1.165, 1.54) is 77.1 Å². The third-order valence-electron chi connectivity index (χ3n) is 12.9. The Morgan fingerprint density at radius 2 is 0.852 bits per heavy atom. The Bertz CT molecular complexity index is 3360. The van der Waals surface area contributed by atoms with E-state index in [1.54, 1.807) is 0 Å². The molecule has 0 saturated carbocycles. The minimum absolute atomic E-state index is 0.452. The summed E-state index contributed by atoms with van der Waals surface area (Å²) in [5.74, 6) is 0. The molecule has 0 atom stereocenters. The topological polar surface area (TPSA) is 8.17 Å². The summed E-state index contributed by atoms with van der Waals surface area (Å²) < 4.78 is 2.40. The highest BCUT2D eigenvalue weighted by molar-refractivity contribution is 6.12. The molecule has 1 aromatic heterocycles. The van der Waals surface area contributed by atoms with Gasteiger partial charge in [0.1, 0.15) is 0 Å². The van der Waals surface area contributed by atoms with E-state index in [1.807, 2.05) is 0 Å². The van der Waals surface area contributed by atoms with Crippen molar-refractivity contribution in [2.24, 2.45) is 0 Å². The van der Waals surface area contributed by atoms with Crippen molar-refractivity contribution in [1.82, 2.24) is 4.57 Å². The van der Waals surface area contributed by atoms with Crippen LogP contribution in [0.2, 0.25) is 0 Å². The van der Waals surface area contributed by atoms with E-state index in [2.05, 4.69) is 252 Å². The lowest BCUT2D eigenvalue weighted by atomic mass is 9.68. The zero-order valence-electron chi connectivity index (χ0n) is 33.5. The molecule has 0 fully saturated rings. The average Bonchev–Trinajstić information content (AvgIpc) is 3.83. The summed E-state index contributed by atoms with van der Waals surface area (Å²) in [6.45, 7) is 0. The fourth-order valence-electron chi connectivity index (χ4n) is 10.3. The summed E-state index contributed by atoms with van der Waals surface area (Å²) >= 11 is 0. The van der Waals surface area contributed by atoms with Gasteiger partial charge in [-0.25, -0.2) is 0 Å². The number of hydrogen-bond acceptors (Lipinski definition) is 1. The first kappa shape index (κ1) is 35.0. The van der Waals surface area contributed by atoms with Crippen LogP contribution >= 0.6 is 0 Å². The molecule has 0 saturated heterocycles. The van der Waals surface area contributed by atoms with Gasteiger partial charge in [-0.05, 0) is 104 Å². The van der Waals surface area contributed by atoms with Gasteiger partial charge in [0.15, 0.2) is 0 Å². The van der Waals surface area contributed by atoms with Gasteiger partial charge in [-0.3, -0.25) is 0 Å². The summed E-state index contributed by atoms with van der Waals surface area (Å²) in [7, 11) is 0. The van der Waals surface area contributed by atoms with E-state index in [0.29, 0.717) is 0 Å². The maximum absolute atomic E-state index is 2.41. The molecule has 1 aliphatic rings. The Balaban J connectivity index is 1.02. The van der Waals surface area contributed by atoms with E-state index in [-0.39, 0.29) is 0 Å². The van der Waals surface area contributed by atoms with Crippen molar-refractivity contribution in [2.45, 2.75) is 5.41 Å². The van der Waals surface area contributed by atoms with Crippen LogP contribution in [0.1, 0.15) is 22.3 Å². The Hall–Kier alpha value is -7.94. The molecule has 1 aliphatic carbocycles. The molecule has 2 heteroatoms. The summed E-state index contributed by atoms with van der Waals surface area (Å²) in [6.07, 6.45) is 0. The van der Waals surface area contributed by atoms with Crippen molar-refractivity contribution < 1.29 is 0 Å². The fraction of sp³-hybridized carbons (Fsp3) is 0.0169. The van der Waals surface area contributed by atoms with Gasteiger partial charge >= 0.3 is 0 Å². The number of rotatable bonds is 7. The summed E-state index contributed by atoms with van der Waals surface area (Å²) in [5.41, 5.74) is 16.6. The molecular weight excluding hydrogens is 737 g/mol. The number of hydrogen-bond donors (Lipinski definition) is 0. The van der Waals surface area contributed by atoms with Gasteiger partial charge in [-0.1, -0.05) is 188 Å². The predicted molar refractivity (Wildman–Crippen MR) is 256 cm³/mol. The van der Waals surface area contributed by atoms with Crippen molar-refractivity contribution in [2.75, 3.05) is 4.90 Å². The lowest BCUT2D eigenvalue weighted by Crippen LogP contribution is -2.28. The van der Waals surface area contributed by atoms with Crippen LogP contribution < -0.4 is 4.90 Å². The standard InChI is InChI=1S/C59H40N2/c1-4-18-42(19-5-1)59(54-29-15-12-25-49(54)50-26-13-16-30-55(50)59)43-33-35-46(36-34-43)60(44-20-6-2-7-21-44)57-39-38-47(48-24-10-11-27-51(48)57)41-32-37-53-52-28-14-17-31-56(52)61(58(53)40-41)45-22-8-3-9-23-45/h1-40H. The second-order valence-electron chi connectivity index (χ2n) is 16.0. The van der Waals surface area contributed by atoms with Crippen molar-refractivity contribution >= 4 is 49.6 Å². The van der Waals surface area contributed by atoms with Crippen LogP contribution in [0.25, 0.3) is 60.5 Å². The maximum atomic E-state index is 2.41. The highest BCUT2D eigenvalue weighted by Gasteiger charge is 2.45. The van der Waals surface area contributed by atoms with Gasteiger partial charge < -0.3 is 9.47 Å². The van der Waals surface area contributed by atoms with Gasteiger partial charge in [0.05, 0.1) is 22.1 Å². The smallest absolute Gasteiger partial charge is 0.0713 e. The van der Waals surface area contributed by atoms with Crippen LogP contribution in [0.3, 0.4) is 0 Å². The zero-order valence-corrected chi connectivity index (χ0v) is 33.5. The molecule has 0 bridgehead atoms. The largest absolute Gasteiger partial charge is 0.310 e. The molecule has 61 heavy (non-hydrogen) atoms. The summed E-state index contributed by atoms with van der Waals surface area (Å²) in [5, 5.41) is 4.91. The van der Waals surface area contributed by atoms with Crippen LogP contribution in [-0.2, 0) is 5.41 Å². The fourth-order valence-corrected chi connectivity index (χ4v) is 10.3. The lowest BCUT2D eigenvalue weighted by Gasteiger charge is -2.34. The van der Waals surface area contributed by atoms with E-state index < -0.39 is 5.41 Å². The number of aromatic nitrogens is 1. The Morgan fingerprint density at radius 3 is 1.56 bits per heavy atom. The molecular formula is C59H40N2. The van der Waals surface area contributed by atoms with Crippen LogP contribution in [-0.4, -0.2) is 4.57 Å². The second-order valence-corrected chi connectivity index (χ2v) is 16.0. The molecule has 0 unspecified atom stereocenters. The van der Waals surface area contributed by atoms with E-state index >= 15 is 0 Å². The predicted octanol–water partition coefficient (Wildman–Crippen LogP) is 15.4. The van der Waals surface area contributed by atoms with Crippen LogP contribution in [0.4, 0.5) is 17.1 Å². The maximum Gasteiger partial charge on any atom is 0.0713 e. The summed E-state index contributed by atoms with van der Waals surface area (Å²) in [6, 6.07) is 88.9. The Labute approximate surface area is 355 Å². The van der Waals surface area contributed by atoms with Gasteiger partial charge in [0.25, 0.3) is 0 Å². The zero-order chi connectivity index (χ0) is 40.3. The highest BCUT2D eigenvalue weighted by Crippen LogP contribution is 2.56. The normalized spacial score (nSPS) is 12.7. The van der Waals surface area contributed by atoms with Crippen LogP contribution in [0, 0.1) is 0 Å². The van der Waals surface area contributed by atoms with Crippen LogP contribution in [0.15, 0.2) is 243 Å². The molecule has 0 spiro atoms. The molecule has 11 aromatic rings. The molecule has 0 aliphatic heterocycles. The molecule has 0 radical (unpaired) electrons. The molecule has 10 aromatic carbocycles. The van der Waals surface area contributed by atoms with Crippen molar-refractivity contribution in [1.29, 1.82) is 0 Å². The first-order valence-electron chi connectivity index (χ1n) is 21.1. The average molecular weight is 777 g/mol. The highest BCUT2D eigenvalue weighted by atomic mass is 15.1. The molecule has 1 heterocycles. The van der Waals surface area contributed by atoms with Crippen molar-refractivity contribution in [3.05, 3.63) is 265 Å². The van der Waals surface area contributed by atoms with Crippen molar-refractivity contribution in [3.63, 3.8) is 0 Å². The van der Waals surface area contributed by atoms with E-state index in [0.717, 1.165) is 22.7 Å². The van der Waals surface area contributed by atoms with E-state index in [4.69, 9.17) is 0 Å². The van der Waals surface area contributed by atoms with E-state index in [9.17, 15) is 0 Å². The first-order chi connectivity index (χ1) is 30.3. The third-order valence-corrected chi connectivity index (χ3v) is 12.9. The van der Waals surface area contributed by atoms with Gasteiger partial charge in [-0.2, -0.15) is 0 Å². The molecule has 12 rings (SSSR count). The second kappa shape index (κ2) is 14.1. The number of nitrogens with zero attached hydrogens (tertiary/aromatic N) is 2. The van der Waals surface area contributed by atoms with Gasteiger partial charge in [0.2, 0.25) is 0 Å². The minimum Gasteiger partial charge on any atom is -0.310 e. The lowest BCUT2D eigenvalue weighted by molar-refractivity contribution is 0.768. The number of fused-ring (bicyclic) bond motifs is 7. The monoisotopic (exact) mass is 776 g/mol. The first-order valence-corrected chi connectivity index (χ1v) is 21.1. The molecule has 2 nitrogen and oxygen atoms in total. The number of anilines is 3. The van der Waals surface area contributed by atoms with Crippen LogP contribution in [0.5, 0.6) is 0 Å². The minimum atomic E-state index is -0.452. The summed E-state index contributed by atoms with van der Waals surface area (Å²) in [4.78, 5) is 2.41. The molecule has 0 N–H and O–H groups in total.